The van der Waals surface area contributed by atoms with Gasteiger partial charge in [-0.2, -0.15) is 13.2 Å². The van der Waals surface area contributed by atoms with Gasteiger partial charge in [0.1, 0.15) is 15.9 Å². The fourth-order valence-corrected chi connectivity index (χ4v) is 3.16. The molecule has 0 radical (unpaired) electrons. The van der Waals surface area contributed by atoms with Crippen LogP contribution in [0.5, 0.6) is 0 Å². The number of benzene rings is 1. The molecule has 0 fully saturated rings. The van der Waals surface area contributed by atoms with Crippen LogP contribution in [0.4, 0.5) is 13.2 Å². The summed E-state index contributed by atoms with van der Waals surface area (Å²) in [6, 6.07) is 3.88. The Morgan fingerprint density at radius 2 is 1.85 bits per heavy atom. The number of nitrogens with zero attached hydrogens (tertiary/aromatic N) is 1. The maximum absolute atomic E-state index is 12.6. The summed E-state index contributed by atoms with van der Waals surface area (Å²) in [6.07, 6.45) is -4.41. The zero-order chi connectivity index (χ0) is 19.5. The predicted molar refractivity (Wildman–Crippen MR) is 92.9 cm³/mol. The van der Waals surface area contributed by atoms with E-state index in [4.69, 9.17) is 0 Å². The number of halogens is 3. The minimum absolute atomic E-state index is 0.300. The van der Waals surface area contributed by atoms with Gasteiger partial charge in [0.05, 0.1) is 11.3 Å². The summed E-state index contributed by atoms with van der Waals surface area (Å²) in [6.45, 7) is 5.43. The fourth-order valence-electron chi connectivity index (χ4n) is 2.19. The van der Waals surface area contributed by atoms with Gasteiger partial charge in [0, 0.05) is 12.1 Å². The van der Waals surface area contributed by atoms with Crippen LogP contribution in [0.2, 0.25) is 0 Å². The van der Waals surface area contributed by atoms with Crippen LogP contribution < -0.4 is 10.6 Å². The second-order valence-electron chi connectivity index (χ2n) is 5.60. The quantitative estimate of drug-likeness (QED) is 0.829. The molecule has 2 N–H and O–H groups in total. The van der Waals surface area contributed by atoms with Crippen molar-refractivity contribution in [1.82, 2.24) is 15.6 Å². The number of hydrogen-bond donors (Lipinski definition) is 2. The average Bonchev–Trinajstić information content (AvgIpc) is 2.96. The lowest BCUT2D eigenvalue weighted by Crippen LogP contribution is -2.44. The van der Waals surface area contributed by atoms with Gasteiger partial charge in [-0.05, 0) is 32.9 Å². The van der Waals surface area contributed by atoms with E-state index in [1.165, 1.54) is 12.1 Å². The van der Waals surface area contributed by atoms with Gasteiger partial charge in [0.15, 0.2) is 0 Å². The number of thiazole rings is 1. The number of carbonyl (C=O) groups excluding carboxylic acids is 2. The molecular weight excluding hydrogens is 367 g/mol. The summed E-state index contributed by atoms with van der Waals surface area (Å²) >= 11 is 1.07. The Hall–Kier alpha value is -2.42. The summed E-state index contributed by atoms with van der Waals surface area (Å²) in [5.74, 6) is -0.747. The smallest absolute Gasteiger partial charge is 0.355 e. The van der Waals surface area contributed by atoms with Gasteiger partial charge in [0.25, 0.3) is 5.91 Å². The first-order valence-electron chi connectivity index (χ1n) is 7.87. The van der Waals surface area contributed by atoms with E-state index in [0.717, 1.165) is 23.5 Å². The number of alkyl halides is 3. The third-order valence-corrected chi connectivity index (χ3v) is 4.76. The molecule has 0 saturated carbocycles. The summed E-state index contributed by atoms with van der Waals surface area (Å²) in [7, 11) is 0. The van der Waals surface area contributed by atoms with Crippen LogP contribution in [0, 0.1) is 6.92 Å². The van der Waals surface area contributed by atoms with E-state index in [9.17, 15) is 22.8 Å². The van der Waals surface area contributed by atoms with E-state index in [2.05, 4.69) is 15.6 Å². The molecule has 5 nitrogen and oxygen atoms in total. The lowest BCUT2D eigenvalue weighted by Gasteiger charge is -2.12. The van der Waals surface area contributed by atoms with Gasteiger partial charge in [-0.1, -0.05) is 12.1 Å². The minimum atomic E-state index is -4.41. The van der Waals surface area contributed by atoms with Gasteiger partial charge in [0.2, 0.25) is 5.91 Å². The summed E-state index contributed by atoms with van der Waals surface area (Å²) in [5.41, 5.74) is 0.190. The molecule has 0 aliphatic carbocycles. The molecule has 1 aromatic heterocycles. The summed E-state index contributed by atoms with van der Waals surface area (Å²) < 4.78 is 37.9. The monoisotopic (exact) mass is 385 g/mol. The van der Waals surface area contributed by atoms with E-state index in [1.54, 1.807) is 20.8 Å². The highest BCUT2D eigenvalue weighted by Crippen LogP contribution is 2.32. The van der Waals surface area contributed by atoms with Crippen LogP contribution in [0.15, 0.2) is 24.3 Å². The lowest BCUT2D eigenvalue weighted by molar-refractivity contribution is -0.137. The molecule has 2 rings (SSSR count). The molecule has 1 atom stereocenters. The van der Waals surface area contributed by atoms with Crippen molar-refractivity contribution >= 4 is 23.2 Å². The van der Waals surface area contributed by atoms with Gasteiger partial charge in [-0.15, -0.1) is 11.3 Å². The molecule has 0 saturated heterocycles. The Morgan fingerprint density at radius 1 is 1.23 bits per heavy atom. The highest BCUT2D eigenvalue weighted by Gasteiger charge is 2.30. The SMILES string of the molecule is CCNC(=O)[C@@H](C)NC(=O)c1sc(-c2ccc(C(F)(F)F)cc2)nc1C. The van der Waals surface area contributed by atoms with E-state index >= 15 is 0 Å². The van der Waals surface area contributed by atoms with E-state index < -0.39 is 23.7 Å². The maximum atomic E-state index is 12.6. The number of aryl methyl sites for hydroxylation is 1. The largest absolute Gasteiger partial charge is 0.416 e. The Morgan fingerprint density at radius 3 is 2.38 bits per heavy atom. The van der Waals surface area contributed by atoms with Crippen molar-refractivity contribution in [3.05, 3.63) is 40.4 Å². The normalized spacial score (nSPS) is 12.5. The van der Waals surface area contributed by atoms with Crippen LogP contribution >= 0.6 is 11.3 Å². The number of nitrogens with one attached hydrogen (secondary N) is 2. The maximum Gasteiger partial charge on any atom is 0.416 e. The number of likely N-dealkylation sites (N-methyl/N-ethyl adjacent to an activating group) is 1. The van der Waals surface area contributed by atoms with E-state index in [1.807, 2.05) is 0 Å². The molecule has 26 heavy (non-hydrogen) atoms. The van der Waals surface area contributed by atoms with Crippen molar-refractivity contribution in [3.63, 3.8) is 0 Å². The first-order chi connectivity index (χ1) is 12.1. The molecular formula is C17H18F3N3O2S. The van der Waals surface area contributed by atoms with Gasteiger partial charge < -0.3 is 10.6 Å². The standard InChI is InChI=1S/C17H18F3N3O2S/c1-4-21-14(24)10(3)22-15(25)13-9(2)23-16(26-13)11-5-7-12(8-6-11)17(18,19)20/h5-8,10H,4H2,1-3H3,(H,21,24)(H,22,25)/t10-/m1/s1. The molecule has 1 aromatic carbocycles. The molecule has 2 aromatic rings. The van der Waals surface area contributed by atoms with Gasteiger partial charge in [-0.3, -0.25) is 9.59 Å². The van der Waals surface area contributed by atoms with Crippen molar-refractivity contribution in [3.8, 4) is 10.6 Å². The van der Waals surface area contributed by atoms with Crippen molar-refractivity contribution in [2.45, 2.75) is 33.0 Å². The van der Waals surface area contributed by atoms with Crippen molar-refractivity contribution < 1.29 is 22.8 Å². The van der Waals surface area contributed by atoms with Crippen LogP contribution in [-0.4, -0.2) is 29.4 Å². The second-order valence-corrected chi connectivity index (χ2v) is 6.60. The number of carbonyl (C=O) groups is 2. The number of hydrogen-bond acceptors (Lipinski definition) is 4. The van der Waals surface area contributed by atoms with E-state index in [-0.39, 0.29) is 5.91 Å². The highest BCUT2D eigenvalue weighted by molar-refractivity contribution is 7.17. The van der Waals surface area contributed by atoms with Crippen molar-refractivity contribution in [2.75, 3.05) is 6.54 Å². The van der Waals surface area contributed by atoms with Crippen LogP contribution in [-0.2, 0) is 11.0 Å². The number of rotatable bonds is 5. The van der Waals surface area contributed by atoms with Crippen molar-refractivity contribution in [1.29, 1.82) is 0 Å². The molecule has 0 spiro atoms. The van der Waals surface area contributed by atoms with Gasteiger partial charge in [-0.25, -0.2) is 4.98 Å². The Bertz CT molecular complexity index is 801. The molecule has 0 aliphatic rings. The first kappa shape index (κ1) is 19.9. The van der Waals surface area contributed by atoms with Crippen LogP contribution in [0.25, 0.3) is 10.6 Å². The molecule has 9 heteroatoms. The zero-order valence-corrected chi connectivity index (χ0v) is 15.2. The summed E-state index contributed by atoms with van der Waals surface area (Å²) in [5, 5.41) is 5.63. The number of amides is 2. The molecule has 0 bridgehead atoms. The highest BCUT2D eigenvalue weighted by atomic mass is 32.1. The second kappa shape index (κ2) is 7.86. The fraction of sp³-hybridized carbons (Fsp3) is 0.353. The molecule has 0 unspecified atom stereocenters. The van der Waals surface area contributed by atoms with Crippen LogP contribution in [0.3, 0.4) is 0 Å². The molecule has 2 amide bonds. The topological polar surface area (TPSA) is 71.1 Å². The van der Waals surface area contributed by atoms with Gasteiger partial charge >= 0.3 is 6.18 Å². The zero-order valence-electron chi connectivity index (χ0n) is 14.4. The number of aromatic nitrogens is 1. The minimum Gasteiger partial charge on any atom is -0.355 e. The molecule has 1 heterocycles. The van der Waals surface area contributed by atoms with E-state index in [0.29, 0.717) is 27.7 Å². The predicted octanol–water partition coefficient (Wildman–Crippen LogP) is 3.39. The lowest BCUT2D eigenvalue weighted by atomic mass is 10.1. The Kier molecular flexibility index (Phi) is 6.01. The third-order valence-electron chi connectivity index (χ3n) is 3.55. The Balaban J connectivity index is 2.18. The average molecular weight is 385 g/mol. The molecule has 140 valence electrons. The molecule has 0 aliphatic heterocycles. The Labute approximate surface area is 152 Å². The summed E-state index contributed by atoms with van der Waals surface area (Å²) in [4.78, 5) is 28.6. The van der Waals surface area contributed by atoms with Crippen molar-refractivity contribution in [2.24, 2.45) is 0 Å². The third kappa shape index (κ3) is 4.60. The first-order valence-corrected chi connectivity index (χ1v) is 8.68. The van der Waals surface area contributed by atoms with Crippen LogP contribution in [0.1, 0.15) is 34.8 Å².